The molecule has 0 saturated carbocycles. The van der Waals surface area contributed by atoms with Crippen LogP contribution in [-0.4, -0.2) is 72.0 Å². The second-order valence-corrected chi connectivity index (χ2v) is 8.67. The molecule has 1 atom stereocenters. The van der Waals surface area contributed by atoms with E-state index >= 15 is 0 Å². The maximum atomic E-state index is 12.7. The predicted octanol–water partition coefficient (Wildman–Crippen LogP) is 1.60. The zero-order valence-electron chi connectivity index (χ0n) is 17.3. The summed E-state index contributed by atoms with van der Waals surface area (Å²) in [4.78, 5) is 26.9. The molecule has 4 rings (SSSR count). The van der Waals surface area contributed by atoms with Crippen molar-refractivity contribution >= 4 is 11.7 Å². The predicted molar refractivity (Wildman–Crippen MR) is 110 cm³/mol. The molecular weight excluding hydrogens is 352 g/mol. The van der Waals surface area contributed by atoms with Crippen molar-refractivity contribution in [3.8, 4) is 0 Å². The van der Waals surface area contributed by atoms with Crippen molar-refractivity contribution in [2.45, 2.75) is 51.5 Å². The zero-order valence-corrected chi connectivity index (χ0v) is 17.3. The van der Waals surface area contributed by atoms with Crippen molar-refractivity contribution in [1.82, 2.24) is 25.1 Å². The Labute approximate surface area is 168 Å². The van der Waals surface area contributed by atoms with Gasteiger partial charge in [0.05, 0.1) is 12.2 Å². The van der Waals surface area contributed by atoms with Crippen molar-refractivity contribution in [3.63, 3.8) is 0 Å². The number of amides is 1. The van der Waals surface area contributed by atoms with Crippen LogP contribution >= 0.6 is 0 Å². The number of nitrogens with zero attached hydrogens (tertiary/aromatic N) is 4. The van der Waals surface area contributed by atoms with Crippen molar-refractivity contribution in [2.24, 2.45) is 5.92 Å². The molecule has 0 radical (unpaired) electrons. The van der Waals surface area contributed by atoms with Gasteiger partial charge >= 0.3 is 0 Å². The molecule has 7 nitrogen and oxygen atoms in total. The van der Waals surface area contributed by atoms with Gasteiger partial charge in [0, 0.05) is 57.7 Å². The van der Waals surface area contributed by atoms with Crippen LogP contribution in [0.2, 0.25) is 0 Å². The lowest BCUT2D eigenvalue weighted by Gasteiger charge is -2.35. The van der Waals surface area contributed by atoms with E-state index in [4.69, 9.17) is 9.97 Å². The minimum atomic E-state index is 0.292. The van der Waals surface area contributed by atoms with E-state index < -0.39 is 0 Å². The van der Waals surface area contributed by atoms with Gasteiger partial charge in [0.1, 0.15) is 11.6 Å². The number of anilines is 1. The molecule has 154 valence electrons. The molecule has 2 fully saturated rings. The summed E-state index contributed by atoms with van der Waals surface area (Å²) >= 11 is 0. The Morgan fingerprint density at radius 1 is 1.21 bits per heavy atom. The zero-order chi connectivity index (χ0) is 19.5. The van der Waals surface area contributed by atoms with E-state index in [2.05, 4.69) is 27.4 Å². The third-order valence-electron chi connectivity index (χ3n) is 6.55. The van der Waals surface area contributed by atoms with Gasteiger partial charge in [0.25, 0.3) is 0 Å². The van der Waals surface area contributed by atoms with Crippen molar-refractivity contribution < 1.29 is 4.79 Å². The molecule has 3 aliphatic heterocycles. The van der Waals surface area contributed by atoms with Crippen LogP contribution in [-0.2, 0) is 17.8 Å². The fourth-order valence-electron chi connectivity index (χ4n) is 4.71. The second kappa shape index (κ2) is 8.74. The summed E-state index contributed by atoms with van der Waals surface area (Å²) in [6.45, 7) is 8.37. The van der Waals surface area contributed by atoms with Gasteiger partial charge in [-0.1, -0.05) is 6.92 Å². The largest absolute Gasteiger partial charge is 0.373 e. The van der Waals surface area contributed by atoms with E-state index in [0.717, 1.165) is 88.9 Å². The number of nitrogens with one attached hydrogen (secondary N) is 2. The highest BCUT2D eigenvalue weighted by molar-refractivity contribution is 5.78. The monoisotopic (exact) mass is 386 g/mol. The number of rotatable bonds is 4. The van der Waals surface area contributed by atoms with Crippen LogP contribution in [0.25, 0.3) is 0 Å². The first-order valence-electron chi connectivity index (χ1n) is 10.9. The number of piperidine rings is 2. The molecular formula is C21H34N6O. The van der Waals surface area contributed by atoms with Gasteiger partial charge in [-0.05, 0) is 38.1 Å². The summed E-state index contributed by atoms with van der Waals surface area (Å²) in [6, 6.07) is 0. The summed E-state index contributed by atoms with van der Waals surface area (Å²) < 4.78 is 0. The van der Waals surface area contributed by atoms with E-state index in [-0.39, 0.29) is 0 Å². The Morgan fingerprint density at radius 3 is 2.82 bits per heavy atom. The van der Waals surface area contributed by atoms with Crippen LogP contribution in [0.4, 0.5) is 5.82 Å². The van der Waals surface area contributed by atoms with Gasteiger partial charge in [-0.2, -0.15) is 0 Å². The summed E-state index contributed by atoms with van der Waals surface area (Å²) in [5, 5.41) is 6.67. The lowest BCUT2D eigenvalue weighted by molar-refractivity contribution is -0.134. The van der Waals surface area contributed by atoms with Crippen LogP contribution in [0.5, 0.6) is 0 Å². The number of likely N-dealkylation sites (tertiary alicyclic amines) is 2. The molecule has 0 aliphatic carbocycles. The van der Waals surface area contributed by atoms with Crippen LogP contribution in [0.15, 0.2) is 0 Å². The summed E-state index contributed by atoms with van der Waals surface area (Å²) in [7, 11) is 1.94. The molecule has 0 spiro atoms. The SMILES string of the molecule is CNc1nc([C@@H]2CCCN(CC(=O)N3CCC(C)CC3)C2)nc2c1CNCC2. The maximum Gasteiger partial charge on any atom is 0.236 e. The maximum absolute atomic E-state index is 12.7. The quantitative estimate of drug-likeness (QED) is 0.819. The summed E-state index contributed by atoms with van der Waals surface area (Å²) in [6.07, 6.45) is 5.44. The van der Waals surface area contributed by atoms with Gasteiger partial charge < -0.3 is 15.5 Å². The van der Waals surface area contributed by atoms with E-state index in [1.54, 1.807) is 0 Å². The topological polar surface area (TPSA) is 73.4 Å². The van der Waals surface area contributed by atoms with Crippen LogP contribution in [0, 0.1) is 5.92 Å². The molecule has 1 aromatic heterocycles. The number of aromatic nitrogens is 2. The Morgan fingerprint density at radius 2 is 2.04 bits per heavy atom. The number of carbonyl (C=O) groups excluding carboxylic acids is 1. The van der Waals surface area contributed by atoms with Crippen LogP contribution < -0.4 is 10.6 Å². The van der Waals surface area contributed by atoms with Crippen LogP contribution in [0.1, 0.15) is 55.6 Å². The molecule has 7 heteroatoms. The lowest BCUT2D eigenvalue weighted by atomic mass is 9.96. The smallest absolute Gasteiger partial charge is 0.236 e. The third kappa shape index (κ3) is 4.30. The van der Waals surface area contributed by atoms with Crippen molar-refractivity contribution in [3.05, 3.63) is 17.1 Å². The highest BCUT2D eigenvalue weighted by Gasteiger charge is 2.29. The fourth-order valence-corrected chi connectivity index (χ4v) is 4.71. The molecule has 2 saturated heterocycles. The number of hydrogen-bond acceptors (Lipinski definition) is 6. The molecule has 2 N–H and O–H groups in total. The highest BCUT2D eigenvalue weighted by atomic mass is 16.2. The van der Waals surface area contributed by atoms with Gasteiger partial charge in [0.2, 0.25) is 5.91 Å². The van der Waals surface area contributed by atoms with E-state index in [9.17, 15) is 4.79 Å². The highest BCUT2D eigenvalue weighted by Crippen LogP contribution is 2.28. The van der Waals surface area contributed by atoms with Gasteiger partial charge in [-0.3, -0.25) is 9.69 Å². The molecule has 28 heavy (non-hydrogen) atoms. The van der Waals surface area contributed by atoms with Gasteiger partial charge in [-0.25, -0.2) is 9.97 Å². The number of hydrogen-bond donors (Lipinski definition) is 2. The third-order valence-corrected chi connectivity index (χ3v) is 6.55. The average Bonchev–Trinajstić information content (AvgIpc) is 2.73. The number of carbonyl (C=O) groups is 1. The van der Waals surface area contributed by atoms with E-state index in [0.29, 0.717) is 18.4 Å². The standard InChI is InChI=1S/C21H34N6O/c1-15-6-10-27(11-7-15)19(28)14-26-9-3-4-16(13-26)20-24-18-5-8-23-12-17(18)21(22-2)25-20/h15-16,23H,3-14H2,1-2H3,(H,22,24,25)/t16-/m1/s1. The molecule has 4 heterocycles. The first kappa shape index (κ1) is 19.6. The Balaban J connectivity index is 1.42. The van der Waals surface area contributed by atoms with Crippen molar-refractivity contribution in [2.75, 3.05) is 51.6 Å². The summed E-state index contributed by atoms with van der Waals surface area (Å²) in [5.41, 5.74) is 2.39. The van der Waals surface area contributed by atoms with E-state index in [1.807, 2.05) is 7.05 Å². The van der Waals surface area contributed by atoms with Crippen LogP contribution in [0.3, 0.4) is 0 Å². The Bertz CT molecular complexity index is 683. The minimum absolute atomic E-state index is 0.292. The summed E-state index contributed by atoms with van der Waals surface area (Å²) in [5.74, 6) is 3.27. The van der Waals surface area contributed by atoms with Crippen molar-refractivity contribution in [1.29, 1.82) is 0 Å². The first-order valence-corrected chi connectivity index (χ1v) is 10.9. The molecule has 1 aromatic rings. The minimum Gasteiger partial charge on any atom is -0.373 e. The normalized spacial score (nSPS) is 24.1. The molecule has 0 aromatic carbocycles. The molecule has 1 amide bonds. The first-order chi connectivity index (χ1) is 13.6. The number of fused-ring (bicyclic) bond motifs is 1. The molecule has 0 unspecified atom stereocenters. The van der Waals surface area contributed by atoms with Gasteiger partial charge in [-0.15, -0.1) is 0 Å². The fraction of sp³-hybridized carbons (Fsp3) is 0.762. The second-order valence-electron chi connectivity index (χ2n) is 8.67. The van der Waals surface area contributed by atoms with E-state index in [1.165, 1.54) is 11.3 Å². The average molecular weight is 387 g/mol. The van der Waals surface area contributed by atoms with Gasteiger partial charge in [0.15, 0.2) is 0 Å². The molecule has 3 aliphatic rings. The Kier molecular flexibility index (Phi) is 6.11. The molecule has 0 bridgehead atoms. The Hall–Kier alpha value is -1.73. The lowest BCUT2D eigenvalue weighted by Crippen LogP contribution is -2.46.